The van der Waals surface area contributed by atoms with Crippen LogP contribution in [0.5, 0.6) is 0 Å². The number of carbonyl (C=O) groups is 1. The molecular weight excluding hydrogens is 545 g/mol. The Morgan fingerprint density at radius 1 is 0.903 bits per heavy atom. The topological polar surface area (TPSA) is 37.3 Å². The first kappa shape index (κ1) is 34.8. The van der Waals surface area contributed by atoms with Crippen molar-refractivity contribution in [1.82, 2.24) is 0 Å². The Balaban J connectivity index is -0.000000568. The van der Waals surface area contributed by atoms with E-state index in [1.807, 2.05) is 12.1 Å². The number of hydrogen-bond donors (Lipinski definition) is 1. The molecule has 0 aliphatic heterocycles. The van der Waals surface area contributed by atoms with E-state index in [4.69, 9.17) is 5.11 Å². The molecule has 0 saturated heterocycles. The fourth-order valence-corrected chi connectivity index (χ4v) is 2.90. The maximum atomic E-state index is 12.1. The fourth-order valence-electron chi connectivity index (χ4n) is 2.90. The molecule has 0 heterocycles. The van der Waals surface area contributed by atoms with E-state index in [9.17, 15) is 18.0 Å². The number of halogens is 3. The Kier molecular flexibility index (Phi) is 15.4. The van der Waals surface area contributed by atoms with Crippen LogP contribution in [0.4, 0.5) is 13.2 Å². The molecule has 2 aromatic rings. The Morgan fingerprint density at radius 2 is 1.35 bits per heavy atom. The normalized spacial score (nSPS) is 11.8. The quantitative estimate of drug-likeness (QED) is 0.166. The van der Waals surface area contributed by atoms with Gasteiger partial charge in [0.15, 0.2) is 5.78 Å². The smallest absolute Gasteiger partial charge is 0.448 e. The third-order valence-corrected chi connectivity index (χ3v) is 3.44. The maximum absolute atomic E-state index is 12.1. The number of carbonyl (C=O) groups excluding carboxylic acids is 1. The number of rotatable bonds is 4. The van der Waals surface area contributed by atoms with Crippen molar-refractivity contribution < 1.29 is 81.4 Å². The average Bonchev–Trinajstić information content (AvgIpc) is 2.50. The molecule has 1 radical (unpaired) electrons. The first-order valence-corrected chi connectivity index (χ1v) is 8.70. The molecule has 177 valence electrons. The molecule has 0 saturated carbocycles. The van der Waals surface area contributed by atoms with Crippen molar-refractivity contribution in [3.63, 3.8) is 0 Å². The summed E-state index contributed by atoms with van der Waals surface area (Å²) in [5.74, 6) is -2.79. The SMILES string of the molecule is C.C.C[N+](C)(C)C[N+](C)(C)C.O=C(C=C(O)C(F)(F)F)c1ccc2ccccc2c1.[Eu]. The van der Waals surface area contributed by atoms with Gasteiger partial charge in [0.2, 0.25) is 12.4 Å². The standard InChI is InChI=1S/C14H9F3O2.C7H20N2.2CH4.Eu/c15-14(16,17)13(19)8-12(18)11-6-5-9-3-1-2-4-10(9)7-11;1-8(2,3)7-9(4,5)6;;;/h1-8,19H;7H2,1-6H3;2*1H4;/q;+2;;;. The van der Waals surface area contributed by atoms with Crippen LogP contribution in [0.25, 0.3) is 10.8 Å². The zero-order chi connectivity index (χ0) is 21.8. The van der Waals surface area contributed by atoms with Gasteiger partial charge in [-0.05, 0) is 16.8 Å². The van der Waals surface area contributed by atoms with Gasteiger partial charge in [-0.2, -0.15) is 13.2 Å². The van der Waals surface area contributed by atoms with Crippen molar-refractivity contribution in [2.45, 2.75) is 21.0 Å². The van der Waals surface area contributed by atoms with E-state index in [1.54, 1.807) is 18.2 Å². The predicted molar refractivity (Wildman–Crippen MR) is 119 cm³/mol. The number of quaternary nitrogens is 2. The van der Waals surface area contributed by atoms with Gasteiger partial charge in [-0.15, -0.1) is 0 Å². The minimum absolute atomic E-state index is 0. The van der Waals surface area contributed by atoms with Gasteiger partial charge >= 0.3 is 6.18 Å². The Hall–Kier alpha value is -0.796. The van der Waals surface area contributed by atoms with Gasteiger partial charge in [0.1, 0.15) is 0 Å². The Morgan fingerprint density at radius 3 is 1.74 bits per heavy atom. The van der Waals surface area contributed by atoms with Crippen LogP contribution in [0.1, 0.15) is 25.2 Å². The summed E-state index contributed by atoms with van der Waals surface area (Å²) in [5, 5.41) is 10.4. The number of aliphatic hydroxyl groups is 1. The molecule has 0 aromatic heterocycles. The molecular formula is C23H37EuF3N2O2+2. The van der Waals surface area contributed by atoms with Gasteiger partial charge in [-0.1, -0.05) is 51.3 Å². The largest absolute Gasteiger partial charge is 0.504 e. The van der Waals surface area contributed by atoms with Gasteiger partial charge in [-0.25, -0.2) is 0 Å². The molecule has 0 aliphatic carbocycles. The van der Waals surface area contributed by atoms with Gasteiger partial charge in [0, 0.05) is 61.0 Å². The minimum atomic E-state index is -4.91. The third-order valence-electron chi connectivity index (χ3n) is 3.44. The molecule has 1 N–H and O–H groups in total. The number of aliphatic hydroxyl groups excluding tert-OH is 1. The number of benzene rings is 2. The molecule has 0 aliphatic rings. The van der Waals surface area contributed by atoms with Crippen LogP contribution in [0, 0.1) is 49.4 Å². The van der Waals surface area contributed by atoms with Crippen molar-refractivity contribution in [2.24, 2.45) is 0 Å². The summed E-state index contributed by atoms with van der Waals surface area (Å²) in [5.41, 5.74) is 0.0921. The number of allylic oxidation sites excluding steroid dienone is 2. The van der Waals surface area contributed by atoms with E-state index in [1.165, 1.54) is 18.8 Å². The van der Waals surface area contributed by atoms with Crippen molar-refractivity contribution in [3.8, 4) is 0 Å². The van der Waals surface area contributed by atoms with Crippen LogP contribution >= 0.6 is 0 Å². The van der Waals surface area contributed by atoms with Gasteiger partial charge in [0.25, 0.3) is 0 Å². The van der Waals surface area contributed by atoms with E-state index in [0.29, 0.717) is 0 Å². The molecule has 8 heteroatoms. The summed E-state index contributed by atoms with van der Waals surface area (Å²) in [6, 6.07) is 11.7. The van der Waals surface area contributed by atoms with Crippen LogP contribution < -0.4 is 0 Å². The van der Waals surface area contributed by atoms with Crippen LogP contribution in [0.2, 0.25) is 0 Å². The summed E-state index contributed by atoms with van der Waals surface area (Å²) < 4.78 is 38.4. The molecule has 4 nitrogen and oxygen atoms in total. The number of nitrogens with zero attached hydrogens (tertiary/aromatic N) is 2. The van der Waals surface area contributed by atoms with Crippen molar-refractivity contribution in [2.75, 3.05) is 49.0 Å². The summed E-state index contributed by atoms with van der Waals surface area (Å²) in [7, 11) is 13.3. The van der Waals surface area contributed by atoms with E-state index < -0.39 is 17.7 Å². The van der Waals surface area contributed by atoms with Crippen molar-refractivity contribution in [1.29, 1.82) is 0 Å². The van der Waals surface area contributed by atoms with Gasteiger partial charge in [0.05, 0.1) is 42.3 Å². The van der Waals surface area contributed by atoms with Crippen molar-refractivity contribution >= 4 is 16.6 Å². The summed E-state index contributed by atoms with van der Waals surface area (Å²) in [6.45, 7) is 1.17. The number of alkyl halides is 3. The van der Waals surface area contributed by atoms with E-state index in [0.717, 1.165) is 19.7 Å². The van der Waals surface area contributed by atoms with Gasteiger partial charge in [-0.3, -0.25) is 13.8 Å². The fraction of sp³-hybridized carbons (Fsp3) is 0.435. The Labute approximate surface area is 226 Å². The zero-order valence-corrected chi connectivity index (χ0v) is 20.0. The molecule has 0 amide bonds. The summed E-state index contributed by atoms with van der Waals surface area (Å²) in [6.07, 6.45) is -4.73. The monoisotopic (exact) mass is 583 g/mol. The van der Waals surface area contributed by atoms with Gasteiger partial charge < -0.3 is 5.11 Å². The second kappa shape index (κ2) is 13.7. The van der Waals surface area contributed by atoms with Crippen molar-refractivity contribution in [3.05, 3.63) is 59.9 Å². The van der Waals surface area contributed by atoms with Crippen LogP contribution in [-0.4, -0.2) is 75.0 Å². The van der Waals surface area contributed by atoms with E-state index >= 15 is 0 Å². The molecule has 0 unspecified atom stereocenters. The van der Waals surface area contributed by atoms with Crippen LogP contribution in [0.3, 0.4) is 0 Å². The molecule has 0 atom stereocenters. The number of fused-ring (bicyclic) bond motifs is 1. The molecule has 2 rings (SSSR count). The summed E-state index contributed by atoms with van der Waals surface area (Å²) >= 11 is 0. The van der Waals surface area contributed by atoms with E-state index in [-0.39, 0.29) is 75.9 Å². The van der Waals surface area contributed by atoms with Crippen LogP contribution in [0.15, 0.2) is 54.3 Å². The maximum Gasteiger partial charge on any atom is 0.448 e. The number of ketones is 1. The predicted octanol–water partition coefficient (Wildman–Crippen LogP) is 5.66. The minimum Gasteiger partial charge on any atom is -0.504 e. The van der Waals surface area contributed by atoms with E-state index in [2.05, 4.69) is 42.3 Å². The molecule has 0 fully saturated rings. The molecule has 0 bridgehead atoms. The first-order chi connectivity index (χ1) is 12.6. The number of hydrogen-bond acceptors (Lipinski definition) is 2. The Bertz CT molecular complexity index is 840. The molecule has 31 heavy (non-hydrogen) atoms. The van der Waals surface area contributed by atoms with Crippen LogP contribution in [-0.2, 0) is 0 Å². The average molecular weight is 583 g/mol. The molecule has 2 aromatic carbocycles. The zero-order valence-electron chi connectivity index (χ0n) is 17.6. The second-order valence-corrected chi connectivity index (χ2v) is 8.68. The second-order valence-electron chi connectivity index (χ2n) is 8.68. The molecule has 0 spiro atoms. The third kappa shape index (κ3) is 14.1. The first-order valence-electron chi connectivity index (χ1n) is 8.70. The summed E-state index contributed by atoms with van der Waals surface area (Å²) in [4.78, 5) is 11.6.